The highest BCUT2D eigenvalue weighted by atomic mass is 32.2. The van der Waals surface area contributed by atoms with Crippen LogP contribution in [0.25, 0.3) is 21.5 Å². The molecule has 0 amide bonds. The van der Waals surface area contributed by atoms with Gasteiger partial charge in [-0.15, -0.1) is 0 Å². The monoisotopic (exact) mass is 751 g/mol. The summed E-state index contributed by atoms with van der Waals surface area (Å²) < 4.78 is 13.3. The molecular weight excluding hydrogens is 673 g/mol. The second-order valence-electron chi connectivity index (χ2n) is 15.1. The minimum atomic E-state index is 0.779. The predicted octanol–water partition coefficient (Wildman–Crippen LogP) is 16.2. The van der Waals surface area contributed by atoms with E-state index in [-0.39, 0.29) is 0 Å². The maximum Gasteiger partial charge on any atom is 0.135 e. The first-order chi connectivity index (χ1) is 25.8. The van der Waals surface area contributed by atoms with Crippen molar-refractivity contribution in [3.8, 4) is 11.5 Å². The number of benzene rings is 3. The lowest BCUT2D eigenvalue weighted by Gasteiger charge is -2.18. The highest BCUT2D eigenvalue weighted by Crippen LogP contribution is 2.43. The Morgan fingerprint density at radius 1 is 0.385 bits per heavy atom. The van der Waals surface area contributed by atoms with Crippen LogP contribution in [0.5, 0.6) is 11.5 Å². The largest absolute Gasteiger partial charge is 0.492 e. The van der Waals surface area contributed by atoms with Crippen LogP contribution in [0, 0.1) is 0 Å². The molecule has 4 heteroatoms. The zero-order valence-electron chi connectivity index (χ0n) is 34.1. The maximum atomic E-state index is 6.68. The van der Waals surface area contributed by atoms with Crippen LogP contribution in [0.4, 0.5) is 0 Å². The molecule has 0 aromatic heterocycles. The third-order valence-electron chi connectivity index (χ3n) is 10.5. The van der Waals surface area contributed by atoms with Gasteiger partial charge in [-0.05, 0) is 79.6 Å². The third kappa shape index (κ3) is 18.7. The molecule has 3 rings (SSSR count). The molecule has 0 spiro atoms. The van der Waals surface area contributed by atoms with Crippen LogP contribution in [-0.4, -0.2) is 36.2 Å². The van der Waals surface area contributed by atoms with Crippen molar-refractivity contribution in [2.45, 2.75) is 181 Å². The van der Waals surface area contributed by atoms with Gasteiger partial charge in [-0.2, -0.15) is 23.5 Å². The lowest BCUT2D eigenvalue weighted by molar-refractivity contribution is 0.306. The van der Waals surface area contributed by atoms with Gasteiger partial charge in [0.1, 0.15) is 11.5 Å². The third-order valence-corrected chi connectivity index (χ3v) is 12.9. The van der Waals surface area contributed by atoms with Crippen LogP contribution in [0.3, 0.4) is 0 Å². The smallest absolute Gasteiger partial charge is 0.135 e. The summed E-state index contributed by atoms with van der Waals surface area (Å²) in [5.41, 5.74) is 1.35. The van der Waals surface area contributed by atoms with Gasteiger partial charge in [0.15, 0.2) is 0 Å². The number of hydrogen-bond donors (Lipinski definition) is 0. The fourth-order valence-corrected chi connectivity index (χ4v) is 9.27. The first-order valence-corrected chi connectivity index (χ1v) is 24.5. The molecule has 0 unspecified atom stereocenters. The van der Waals surface area contributed by atoms with Gasteiger partial charge in [-0.3, -0.25) is 0 Å². The first kappa shape index (κ1) is 44.9. The van der Waals surface area contributed by atoms with E-state index in [1.807, 2.05) is 0 Å². The number of unbranched alkanes of at least 4 members (excludes halogenated alkanes) is 20. The summed E-state index contributed by atoms with van der Waals surface area (Å²) in [4.78, 5) is 0. The Hall–Kier alpha value is -1.52. The molecule has 3 aromatic carbocycles. The Kier molecular flexibility index (Phi) is 26.6. The number of aryl methyl sites for hydroxylation is 1. The molecule has 0 N–H and O–H groups in total. The van der Waals surface area contributed by atoms with Crippen molar-refractivity contribution in [3.05, 3.63) is 48.0 Å². The number of fused-ring (bicyclic) bond motifs is 2. The molecule has 0 heterocycles. The zero-order valence-corrected chi connectivity index (χ0v) is 35.7. The molecule has 3 aromatic rings. The molecule has 0 aliphatic carbocycles. The van der Waals surface area contributed by atoms with Gasteiger partial charge in [0.2, 0.25) is 0 Å². The van der Waals surface area contributed by atoms with Crippen molar-refractivity contribution in [3.63, 3.8) is 0 Å². The average Bonchev–Trinajstić information content (AvgIpc) is 3.17. The molecular formula is C48H78O2S2. The Morgan fingerprint density at radius 2 is 0.750 bits per heavy atom. The van der Waals surface area contributed by atoms with Crippen LogP contribution in [0.2, 0.25) is 0 Å². The van der Waals surface area contributed by atoms with Gasteiger partial charge in [0.25, 0.3) is 0 Å². The van der Waals surface area contributed by atoms with Gasteiger partial charge >= 0.3 is 0 Å². The standard InChI is InChI=1S/C48H78O2S2/c1-4-7-9-11-19-27-37-51-39-29-21-15-13-17-25-35-49-47-43-31-23-24-32-44(43)48(46-41-42(6-3)33-34-45(46)47)50-36-26-18-14-16-22-30-40-52-38-28-20-12-10-8-5-2/h23-24,31-34,41H,4-22,25-30,35-40H2,1-3H3. The zero-order chi connectivity index (χ0) is 36.7. The Balaban J connectivity index is 1.36. The van der Waals surface area contributed by atoms with E-state index in [0.29, 0.717) is 0 Å². The van der Waals surface area contributed by atoms with Crippen molar-refractivity contribution >= 4 is 45.1 Å². The molecule has 0 bridgehead atoms. The number of thioether (sulfide) groups is 2. The molecule has 0 aliphatic heterocycles. The molecule has 0 saturated carbocycles. The summed E-state index contributed by atoms with van der Waals surface area (Å²) >= 11 is 4.35. The van der Waals surface area contributed by atoms with Crippen LogP contribution in [0.1, 0.15) is 180 Å². The average molecular weight is 751 g/mol. The van der Waals surface area contributed by atoms with E-state index in [0.717, 1.165) is 44.0 Å². The van der Waals surface area contributed by atoms with Crippen LogP contribution in [-0.2, 0) is 6.42 Å². The normalized spacial score (nSPS) is 11.6. The van der Waals surface area contributed by atoms with E-state index in [2.05, 4.69) is 86.8 Å². The molecule has 2 nitrogen and oxygen atoms in total. The van der Waals surface area contributed by atoms with Crippen molar-refractivity contribution < 1.29 is 9.47 Å². The number of hydrogen-bond acceptors (Lipinski definition) is 4. The van der Waals surface area contributed by atoms with E-state index in [4.69, 9.17) is 9.47 Å². The lowest BCUT2D eigenvalue weighted by atomic mass is 9.98. The summed E-state index contributed by atoms with van der Waals surface area (Å²) in [6.45, 7) is 8.39. The Morgan fingerprint density at radius 3 is 1.17 bits per heavy atom. The van der Waals surface area contributed by atoms with Crippen molar-refractivity contribution in [2.75, 3.05) is 36.2 Å². The van der Waals surface area contributed by atoms with Gasteiger partial charge in [-0.25, -0.2) is 0 Å². The van der Waals surface area contributed by atoms with Crippen molar-refractivity contribution in [2.24, 2.45) is 0 Å². The molecule has 0 saturated heterocycles. The summed E-state index contributed by atoms with van der Waals surface area (Å²) in [7, 11) is 0. The van der Waals surface area contributed by atoms with Crippen molar-refractivity contribution in [1.82, 2.24) is 0 Å². The summed E-state index contributed by atoms with van der Waals surface area (Å²) in [6, 6.07) is 15.6. The van der Waals surface area contributed by atoms with E-state index in [1.165, 1.54) is 191 Å². The lowest BCUT2D eigenvalue weighted by Crippen LogP contribution is -2.03. The summed E-state index contributed by atoms with van der Waals surface area (Å²) in [5, 5.41) is 4.77. The second kappa shape index (κ2) is 30.8. The van der Waals surface area contributed by atoms with Crippen LogP contribution >= 0.6 is 23.5 Å². The van der Waals surface area contributed by atoms with E-state index < -0.39 is 0 Å². The fourth-order valence-electron chi connectivity index (χ4n) is 7.23. The Bertz CT molecular complexity index is 1290. The predicted molar refractivity (Wildman–Crippen MR) is 239 cm³/mol. The molecule has 0 atom stereocenters. The van der Waals surface area contributed by atoms with Crippen molar-refractivity contribution in [1.29, 1.82) is 0 Å². The highest BCUT2D eigenvalue weighted by Gasteiger charge is 2.16. The van der Waals surface area contributed by atoms with Gasteiger partial charge in [0.05, 0.1) is 13.2 Å². The Labute approximate surface area is 330 Å². The molecule has 294 valence electrons. The maximum absolute atomic E-state index is 6.68. The SMILES string of the molecule is CCCCCCCCSCCCCCCCCOc1c2ccccc2c(OCCCCCCCCSCCCCCCCC)c2cc(CC)ccc12. The van der Waals surface area contributed by atoms with Gasteiger partial charge in [0, 0.05) is 21.5 Å². The molecule has 0 radical (unpaired) electrons. The molecule has 0 aliphatic rings. The van der Waals surface area contributed by atoms with E-state index in [9.17, 15) is 0 Å². The summed E-state index contributed by atoms with van der Waals surface area (Å²) in [6.07, 6.45) is 33.5. The van der Waals surface area contributed by atoms with E-state index >= 15 is 0 Å². The number of rotatable bonds is 35. The topological polar surface area (TPSA) is 18.5 Å². The highest BCUT2D eigenvalue weighted by molar-refractivity contribution is 7.99. The quantitative estimate of drug-likeness (QED) is 0.0440. The molecule has 52 heavy (non-hydrogen) atoms. The van der Waals surface area contributed by atoms with E-state index in [1.54, 1.807) is 0 Å². The van der Waals surface area contributed by atoms with Crippen LogP contribution < -0.4 is 9.47 Å². The minimum absolute atomic E-state index is 0.779. The first-order valence-electron chi connectivity index (χ1n) is 22.2. The molecule has 0 fully saturated rings. The van der Waals surface area contributed by atoms with Gasteiger partial charge < -0.3 is 9.47 Å². The summed E-state index contributed by atoms with van der Waals surface area (Å²) in [5.74, 6) is 7.48. The minimum Gasteiger partial charge on any atom is -0.492 e. The van der Waals surface area contributed by atoms with Gasteiger partial charge in [-0.1, -0.05) is 173 Å². The number of ether oxygens (including phenoxy) is 2. The second-order valence-corrected chi connectivity index (χ2v) is 17.6. The fraction of sp³-hybridized carbons (Fsp3) is 0.708. The van der Waals surface area contributed by atoms with Crippen LogP contribution in [0.15, 0.2) is 42.5 Å².